The third-order valence-electron chi connectivity index (χ3n) is 2.35. The number of nitrogens with zero attached hydrogens (tertiary/aromatic N) is 2. The molecule has 0 saturated carbocycles. The average molecular weight is 202 g/mol. The maximum Gasteiger partial charge on any atom is 0.295 e. The van der Waals surface area contributed by atoms with Crippen molar-refractivity contribution in [2.75, 3.05) is 0 Å². The minimum atomic E-state index is -0.395. The Hall–Kier alpha value is -1.97. The summed E-state index contributed by atoms with van der Waals surface area (Å²) in [5, 5.41) is 11.6. The Kier molecular flexibility index (Phi) is 2.11. The number of hydrogen-bond donors (Lipinski definition) is 0. The smallest absolute Gasteiger partial charge is 0.258 e. The van der Waals surface area contributed by atoms with Gasteiger partial charge in [0.15, 0.2) is 0 Å². The Morgan fingerprint density at radius 3 is 2.73 bits per heavy atom. The second kappa shape index (κ2) is 3.31. The van der Waals surface area contributed by atoms with E-state index in [2.05, 4.69) is 4.98 Å². The highest BCUT2D eigenvalue weighted by Gasteiger charge is 2.13. The van der Waals surface area contributed by atoms with Gasteiger partial charge in [0.25, 0.3) is 5.69 Å². The minimum absolute atomic E-state index is 0.0688. The second-order valence-electron chi connectivity index (χ2n) is 3.51. The van der Waals surface area contributed by atoms with Crippen molar-refractivity contribution in [3.05, 3.63) is 45.6 Å². The third-order valence-corrected chi connectivity index (χ3v) is 2.35. The molecule has 0 radical (unpaired) electrons. The van der Waals surface area contributed by atoms with Gasteiger partial charge in [-0.3, -0.25) is 10.1 Å². The zero-order valence-corrected chi connectivity index (χ0v) is 8.52. The number of rotatable bonds is 1. The van der Waals surface area contributed by atoms with E-state index < -0.39 is 4.92 Å². The Morgan fingerprint density at radius 1 is 1.33 bits per heavy atom. The maximum absolute atomic E-state index is 10.8. The predicted molar refractivity (Wildman–Crippen MR) is 57.9 cm³/mol. The molecular weight excluding hydrogens is 192 g/mol. The van der Waals surface area contributed by atoms with E-state index in [9.17, 15) is 10.1 Å². The van der Waals surface area contributed by atoms with Gasteiger partial charge >= 0.3 is 0 Å². The summed E-state index contributed by atoms with van der Waals surface area (Å²) in [4.78, 5) is 14.6. The number of benzene rings is 1. The number of fused-ring (bicyclic) bond motifs is 1. The summed E-state index contributed by atoms with van der Waals surface area (Å²) in [6, 6.07) is 6.94. The third kappa shape index (κ3) is 1.54. The molecule has 4 nitrogen and oxygen atoms in total. The molecule has 0 atom stereocenters. The number of aromatic nitrogens is 1. The Balaban J connectivity index is 2.91. The Morgan fingerprint density at radius 2 is 2.07 bits per heavy atom. The van der Waals surface area contributed by atoms with Crippen LogP contribution in [0.25, 0.3) is 10.9 Å². The van der Waals surface area contributed by atoms with Crippen LogP contribution < -0.4 is 0 Å². The van der Waals surface area contributed by atoms with E-state index >= 15 is 0 Å². The van der Waals surface area contributed by atoms with Crippen molar-refractivity contribution in [2.45, 2.75) is 13.8 Å². The highest BCUT2D eigenvalue weighted by atomic mass is 16.6. The van der Waals surface area contributed by atoms with E-state index in [1.54, 1.807) is 6.07 Å². The van der Waals surface area contributed by atoms with Crippen LogP contribution in [0.15, 0.2) is 24.3 Å². The molecule has 2 rings (SSSR count). The van der Waals surface area contributed by atoms with Crippen LogP contribution in [0.5, 0.6) is 0 Å². The molecule has 76 valence electrons. The van der Waals surface area contributed by atoms with Gasteiger partial charge in [-0.1, -0.05) is 12.1 Å². The van der Waals surface area contributed by atoms with Crippen molar-refractivity contribution in [1.29, 1.82) is 0 Å². The molecule has 0 aliphatic carbocycles. The second-order valence-corrected chi connectivity index (χ2v) is 3.51. The first-order valence-corrected chi connectivity index (χ1v) is 4.61. The molecule has 15 heavy (non-hydrogen) atoms. The van der Waals surface area contributed by atoms with Crippen molar-refractivity contribution in [3.63, 3.8) is 0 Å². The lowest BCUT2D eigenvalue weighted by Gasteiger charge is -2.03. The summed E-state index contributed by atoms with van der Waals surface area (Å²) < 4.78 is 0. The molecule has 0 aliphatic rings. The molecular formula is C11H10N2O2. The van der Waals surface area contributed by atoms with Crippen molar-refractivity contribution in [2.24, 2.45) is 0 Å². The normalized spacial score (nSPS) is 10.5. The number of para-hydroxylation sites is 1. The van der Waals surface area contributed by atoms with E-state index in [-0.39, 0.29) is 5.69 Å². The van der Waals surface area contributed by atoms with E-state index in [4.69, 9.17) is 0 Å². The zero-order chi connectivity index (χ0) is 11.0. The highest BCUT2D eigenvalue weighted by Crippen LogP contribution is 2.26. The summed E-state index contributed by atoms with van der Waals surface area (Å²) in [6.45, 7) is 3.77. The SMILES string of the molecule is Cc1cc(C)c2cccc([N+](=O)[O-])c2n1. The van der Waals surface area contributed by atoms with Gasteiger partial charge in [-0.05, 0) is 25.5 Å². The quantitative estimate of drug-likeness (QED) is 0.527. The molecule has 0 spiro atoms. The van der Waals surface area contributed by atoms with E-state index in [0.717, 1.165) is 16.6 Å². The van der Waals surface area contributed by atoms with Gasteiger partial charge in [-0.2, -0.15) is 0 Å². The molecule has 2 aromatic rings. The summed E-state index contributed by atoms with van der Waals surface area (Å²) >= 11 is 0. The summed E-state index contributed by atoms with van der Waals surface area (Å²) in [6.07, 6.45) is 0. The van der Waals surface area contributed by atoms with Crippen LogP contribution in [-0.4, -0.2) is 9.91 Å². The van der Waals surface area contributed by atoms with E-state index in [1.807, 2.05) is 26.0 Å². The largest absolute Gasteiger partial charge is 0.295 e. The molecule has 0 amide bonds. The van der Waals surface area contributed by atoms with Crippen LogP contribution in [0.2, 0.25) is 0 Å². The van der Waals surface area contributed by atoms with Crippen LogP contribution >= 0.6 is 0 Å². The van der Waals surface area contributed by atoms with Crippen LogP contribution in [0, 0.1) is 24.0 Å². The highest BCUT2D eigenvalue weighted by molar-refractivity contribution is 5.89. The number of hydrogen-bond acceptors (Lipinski definition) is 3. The first-order valence-electron chi connectivity index (χ1n) is 4.61. The molecule has 0 fully saturated rings. The van der Waals surface area contributed by atoms with Crippen LogP contribution in [0.4, 0.5) is 5.69 Å². The lowest BCUT2D eigenvalue weighted by atomic mass is 10.1. The predicted octanol–water partition coefficient (Wildman–Crippen LogP) is 2.76. The van der Waals surface area contributed by atoms with Gasteiger partial charge in [0.2, 0.25) is 0 Å². The van der Waals surface area contributed by atoms with E-state index in [0.29, 0.717) is 5.52 Å². The number of aryl methyl sites for hydroxylation is 2. The first kappa shape index (κ1) is 9.58. The zero-order valence-electron chi connectivity index (χ0n) is 8.52. The standard InChI is InChI=1S/C11H10N2O2/c1-7-6-8(2)12-11-9(7)4-3-5-10(11)13(14)15/h3-6H,1-2H3. The maximum atomic E-state index is 10.8. The van der Waals surface area contributed by atoms with Gasteiger partial charge in [0.1, 0.15) is 5.52 Å². The van der Waals surface area contributed by atoms with Gasteiger partial charge in [-0.15, -0.1) is 0 Å². The van der Waals surface area contributed by atoms with Crippen molar-refractivity contribution >= 4 is 16.6 Å². The fraction of sp³-hybridized carbons (Fsp3) is 0.182. The average Bonchev–Trinajstić information content (AvgIpc) is 2.16. The Labute approximate surface area is 86.7 Å². The van der Waals surface area contributed by atoms with Crippen molar-refractivity contribution in [1.82, 2.24) is 4.98 Å². The molecule has 1 aromatic carbocycles. The number of nitro groups is 1. The monoisotopic (exact) mass is 202 g/mol. The minimum Gasteiger partial charge on any atom is -0.258 e. The summed E-state index contributed by atoms with van der Waals surface area (Å²) in [7, 11) is 0. The lowest BCUT2D eigenvalue weighted by Crippen LogP contribution is -1.94. The summed E-state index contributed by atoms with van der Waals surface area (Å²) in [5.41, 5.74) is 2.36. The topological polar surface area (TPSA) is 56.0 Å². The van der Waals surface area contributed by atoms with Gasteiger partial charge < -0.3 is 0 Å². The van der Waals surface area contributed by atoms with Crippen molar-refractivity contribution < 1.29 is 4.92 Å². The summed E-state index contributed by atoms with van der Waals surface area (Å²) in [5.74, 6) is 0. The van der Waals surface area contributed by atoms with Gasteiger partial charge in [-0.25, -0.2) is 4.98 Å². The lowest BCUT2D eigenvalue weighted by molar-refractivity contribution is -0.383. The molecule has 0 aliphatic heterocycles. The van der Waals surface area contributed by atoms with Crippen LogP contribution in [-0.2, 0) is 0 Å². The van der Waals surface area contributed by atoms with Crippen LogP contribution in [0.1, 0.15) is 11.3 Å². The molecule has 0 saturated heterocycles. The first-order chi connectivity index (χ1) is 7.09. The van der Waals surface area contributed by atoms with Crippen LogP contribution in [0.3, 0.4) is 0 Å². The number of nitro benzene ring substituents is 1. The van der Waals surface area contributed by atoms with Gasteiger partial charge in [0, 0.05) is 17.1 Å². The molecule has 0 bridgehead atoms. The molecule has 1 heterocycles. The molecule has 4 heteroatoms. The molecule has 0 N–H and O–H groups in total. The fourth-order valence-electron chi connectivity index (χ4n) is 1.71. The number of pyridine rings is 1. The van der Waals surface area contributed by atoms with Gasteiger partial charge in [0.05, 0.1) is 4.92 Å². The Bertz CT molecular complexity index is 550. The van der Waals surface area contributed by atoms with Crippen molar-refractivity contribution in [3.8, 4) is 0 Å². The van der Waals surface area contributed by atoms with E-state index in [1.165, 1.54) is 6.07 Å². The fourth-order valence-corrected chi connectivity index (χ4v) is 1.71. The molecule has 1 aromatic heterocycles. The number of non-ortho nitro benzene ring substituents is 1. The molecule has 0 unspecified atom stereocenters.